The van der Waals surface area contributed by atoms with Crippen LogP contribution in [0.3, 0.4) is 0 Å². The summed E-state index contributed by atoms with van der Waals surface area (Å²) >= 11 is 0. The molecule has 14 heavy (non-hydrogen) atoms. The van der Waals surface area contributed by atoms with E-state index >= 15 is 0 Å². The molecule has 0 fully saturated rings. The predicted molar refractivity (Wildman–Crippen MR) is 56.0 cm³/mol. The summed E-state index contributed by atoms with van der Waals surface area (Å²) in [6.07, 6.45) is 2.73. The van der Waals surface area contributed by atoms with Crippen molar-refractivity contribution in [3.63, 3.8) is 0 Å². The lowest BCUT2D eigenvalue weighted by Gasteiger charge is -2.20. The molecule has 1 amide bonds. The number of rotatable bonds is 4. The second-order valence-corrected chi connectivity index (χ2v) is 4.06. The summed E-state index contributed by atoms with van der Waals surface area (Å²) in [7, 11) is 0. The van der Waals surface area contributed by atoms with Crippen molar-refractivity contribution >= 4 is 5.91 Å². The molecule has 1 aliphatic heterocycles. The summed E-state index contributed by atoms with van der Waals surface area (Å²) < 4.78 is 0. The highest BCUT2D eigenvalue weighted by molar-refractivity contribution is 5.96. The number of amides is 1. The van der Waals surface area contributed by atoms with Crippen molar-refractivity contribution in [1.82, 2.24) is 4.90 Å². The van der Waals surface area contributed by atoms with Gasteiger partial charge in [0.2, 0.25) is 0 Å². The first-order valence-electron chi connectivity index (χ1n) is 5.29. The van der Waals surface area contributed by atoms with E-state index in [1.54, 1.807) is 4.90 Å². The molecule has 0 unspecified atom stereocenters. The molecule has 80 valence electrons. The van der Waals surface area contributed by atoms with Crippen LogP contribution in [0.2, 0.25) is 0 Å². The molecule has 0 radical (unpaired) electrons. The number of hydrogen-bond donors (Lipinski definition) is 1. The van der Waals surface area contributed by atoms with Crippen LogP contribution in [-0.2, 0) is 4.79 Å². The van der Waals surface area contributed by atoms with E-state index in [4.69, 9.17) is 0 Å². The van der Waals surface area contributed by atoms with Crippen molar-refractivity contribution < 1.29 is 9.90 Å². The summed E-state index contributed by atoms with van der Waals surface area (Å²) in [5.41, 5.74) is 0.626. The Bertz CT molecular complexity index is 256. The van der Waals surface area contributed by atoms with Crippen molar-refractivity contribution in [3.05, 3.63) is 11.3 Å². The minimum atomic E-state index is 0.0194. The zero-order valence-electron chi connectivity index (χ0n) is 9.21. The summed E-state index contributed by atoms with van der Waals surface area (Å²) in [4.78, 5) is 13.5. The van der Waals surface area contributed by atoms with Crippen LogP contribution in [0.25, 0.3) is 0 Å². The Balaban J connectivity index is 2.66. The van der Waals surface area contributed by atoms with Crippen LogP contribution < -0.4 is 0 Å². The first kappa shape index (κ1) is 11.1. The zero-order valence-corrected chi connectivity index (χ0v) is 9.21. The van der Waals surface area contributed by atoms with Gasteiger partial charge in [0.25, 0.3) is 5.91 Å². The number of nitrogens with zero attached hydrogens (tertiary/aromatic N) is 1. The molecule has 3 nitrogen and oxygen atoms in total. The van der Waals surface area contributed by atoms with Gasteiger partial charge in [-0.25, -0.2) is 0 Å². The van der Waals surface area contributed by atoms with Gasteiger partial charge in [-0.05, 0) is 26.7 Å². The average Bonchev–Trinajstić information content (AvgIpc) is 2.40. The highest BCUT2D eigenvalue weighted by Crippen LogP contribution is 2.23. The molecule has 1 aliphatic rings. The Labute approximate surface area is 85.4 Å². The van der Waals surface area contributed by atoms with Crippen molar-refractivity contribution in [2.75, 3.05) is 6.54 Å². The van der Waals surface area contributed by atoms with Gasteiger partial charge >= 0.3 is 0 Å². The lowest BCUT2D eigenvalue weighted by atomic mass is 10.1. The number of carbonyl (C=O) groups excluding carboxylic acids is 1. The predicted octanol–water partition coefficient (Wildman–Crippen LogP) is 2.24. The quantitative estimate of drug-likeness (QED) is 0.750. The maximum atomic E-state index is 11.8. The van der Waals surface area contributed by atoms with E-state index in [9.17, 15) is 9.90 Å². The fraction of sp³-hybridized carbons (Fsp3) is 0.727. The third kappa shape index (κ3) is 2.08. The Kier molecular flexibility index (Phi) is 3.55. The fourth-order valence-corrected chi connectivity index (χ4v) is 1.65. The van der Waals surface area contributed by atoms with Crippen LogP contribution in [0.15, 0.2) is 11.3 Å². The average molecular weight is 197 g/mol. The Hall–Kier alpha value is -0.990. The van der Waals surface area contributed by atoms with E-state index in [1.165, 1.54) is 0 Å². The normalized spacial score (nSPS) is 17.4. The summed E-state index contributed by atoms with van der Waals surface area (Å²) in [5.74, 6) is 0.295. The van der Waals surface area contributed by atoms with Crippen LogP contribution in [0.4, 0.5) is 0 Å². The van der Waals surface area contributed by atoms with Gasteiger partial charge in [0.05, 0.1) is 12.1 Å². The van der Waals surface area contributed by atoms with Crippen LogP contribution >= 0.6 is 0 Å². The molecule has 3 heteroatoms. The van der Waals surface area contributed by atoms with E-state index in [0.717, 1.165) is 12.8 Å². The second kappa shape index (κ2) is 4.49. The van der Waals surface area contributed by atoms with Crippen LogP contribution in [0.1, 0.15) is 40.0 Å². The Morgan fingerprint density at radius 2 is 2.14 bits per heavy atom. The van der Waals surface area contributed by atoms with Crippen LogP contribution in [0, 0.1) is 0 Å². The number of aliphatic hydroxyl groups is 1. The van der Waals surface area contributed by atoms with Gasteiger partial charge in [-0.2, -0.15) is 0 Å². The molecule has 0 aliphatic carbocycles. The zero-order chi connectivity index (χ0) is 10.7. The van der Waals surface area contributed by atoms with Crippen LogP contribution in [0.5, 0.6) is 0 Å². The van der Waals surface area contributed by atoms with Gasteiger partial charge in [-0.1, -0.05) is 13.3 Å². The van der Waals surface area contributed by atoms with E-state index in [2.05, 4.69) is 6.92 Å². The first-order valence-corrected chi connectivity index (χ1v) is 5.29. The Morgan fingerprint density at radius 1 is 1.50 bits per heavy atom. The third-order valence-corrected chi connectivity index (χ3v) is 2.59. The SMILES string of the molecule is CCCCC1=C(O)CN(C(C)C)C1=O. The fourth-order valence-electron chi connectivity index (χ4n) is 1.65. The van der Waals surface area contributed by atoms with Gasteiger partial charge in [-0.3, -0.25) is 4.79 Å². The topological polar surface area (TPSA) is 40.5 Å². The molecule has 0 saturated heterocycles. The van der Waals surface area contributed by atoms with Gasteiger partial charge in [0.15, 0.2) is 0 Å². The summed E-state index contributed by atoms with van der Waals surface area (Å²) in [6.45, 7) is 6.41. The minimum Gasteiger partial charge on any atom is -0.510 e. The Morgan fingerprint density at radius 3 is 2.57 bits per heavy atom. The molecule has 0 aromatic heterocycles. The molecule has 1 rings (SSSR count). The van der Waals surface area contributed by atoms with E-state index in [1.807, 2.05) is 13.8 Å². The standard InChI is InChI=1S/C11H19NO2/c1-4-5-6-9-10(13)7-12(8(2)3)11(9)14/h8,13H,4-7H2,1-3H3. The molecule has 0 saturated carbocycles. The molecule has 0 bridgehead atoms. The van der Waals surface area contributed by atoms with Gasteiger partial charge < -0.3 is 10.0 Å². The molecular formula is C11H19NO2. The molecule has 0 atom stereocenters. The second-order valence-electron chi connectivity index (χ2n) is 4.06. The number of unbranched alkanes of at least 4 members (excludes halogenated alkanes) is 1. The van der Waals surface area contributed by atoms with E-state index in [-0.39, 0.29) is 17.7 Å². The van der Waals surface area contributed by atoms with Gasteiger partial charge in [-0.15, -0.1) is 0 Å². The number of hydrogen-bond acceptors (Lipinski definition) is 2. The molecule has 0 aromatic rings. The van der Waals surface area contributed by atoms with Crippen molar-refractivity contribution in [2.45, 2.75) is 46.1 Å². The molecule has 1 heterocycles. The third-order valence-electron chi connectivity index (χ3n) is 2.59. The number of aliphatic hydroxyl groups excluding tert-OH is 1. The highest BCUT2D eigenvalue weighted by Gasteiger charge is 2.30. The van der Waals surface area contributed by atoms with Gasteiger partial charge in [0.1, 0.15) is 5.76 Å². The lowest BCUT2D eigenvalue weighted by molar-refractivity contribution is -0.127. The molecule has 1 N–H and O–H groups in total. The maximum absolute atomic E-state index is 11.8. The van der Waals surface area contributed by atoms with Gasteiger partial charge in [0, 0.05) is 6.04 Å². The number of carbonyl (C=O) groups is 1. The lowest BCUT2D eigenvalue weighted by Crippen LogP contribution is -2.33. The largest absolute Gasteiger partial charge is 0.510 e. The van der Waals surface area contributed by atoms with Crippen molar-refractivity contribution in [1.29, 1.82) is 0 Å². The monoisotopic (exact) mass is 197 g/mol. The van der Waals surface area contributed by atoms with E-state index in [0.29, 0.717) is 18.5 Å². The summed E-state index contributed by atoms with van der Waals surface area (Å²) in [6, 6.07) is 0.170. The molecular weight excluding hydrogens is 178 g/mol. The molecule has 0 aromatic carbocycles. The highest BCUT2D eigenvalue weighted by atomic mass is 16.3. The first-order chi connectivity index (χ1) is 6.57. The summed E-state index contributed by atoms with van der Waals surface area (Å²) in [5, 5.41) is 9.62. The smallest absolute Gasteiger partial charge is 0.253 e. The van der Waals surface area contributed by atoms with Crippen molar-refractivity contribution in [3.8, 4) is 0 Å². The van der Waals surface area contributed by atoms with Crippen molar-refractivity contribution in [2.24, 2.45) is 0 Å². The minimum absolute atomic E-state index is 0.0194. The maximum Gasteiger partial charge on any atom is 0.253 e. The molecule has 0 spiro atoms. The van der Waals surface area contributed by atoms with E-state index < -0.39 is 0 Å². The van der Waals surface area contributed by atoms with Crippen LogP contribution in [-0.4, -0.2) is 28.5 Å².